The van der Waals surface area contributed by atoms with Gasteiger partial charge < -0.3 is 10.5 Å². The Balaban J connectivity index is 4.87. The van der Waals surface area contributed by atoms with Crippen molar-refractivity contribution < 1.29 is 9.53 Å². The van der Waals surface area contributed by atoms with Gasteiger partial charge in [-0.1, -0.05) is 6.08 Å². The molecule has 0 radical (unpaired) electrons. The average molecular weight is 184 g/mol. The molecule has 0 aromatic heterocycles. The summed E-state index contributed by atoms with van der Waals surface area (Å²) >= 11 is 0. The van der Waals surface area contributed by atoms with E-state index in [1.54, 1.807) is 13.0 Å². The molecule has 0 saturated carbocycles. The molecule has 0 saturated heterocycles. The number of rotatable bonds is 3. The molecule has 0 aliphatic heterocycles. The van der Waals surface area contributed by atoms with Crippen molar-refractivity contribution in [3.05, 3.63) is 11.8 Å². The number of allylic oxidation sites excluding steroid dienone is 1. The van der Waals surface area contributed by atoms with Crippen molar-refractivity contribution >= 4 is 11.7 Å². The molecule has 2 N–H and O–H groups in total. The van der Waals surface area contributed by atoms with Gasteiger partial charge in [-0.15, -0.1) is 0 Å². The summed E-state index contributed by atoms with van der Waals surface area (Å²) in [6, 6.07) is 0.0209. The van der Waals surface area contributed by atoms with Gasteiger partial charge in [-0.05, 0) is 20.8 Å². The summed E-state index contributed by atoms with van der Waals surface area (Å²) in [5, 5.41) is 0. The van der Waals surface area contributed by atoms with Crippen LogP contribution in [0.5, 0.6) is 0 Å². The predicted octanol–water partition coefficient (Wildman–Crippen LogP) is 0.871. The summed E-state index contributed by atoms with van der Waals surface area (Å²) < 4.78 is 4.55. The van der Waals surface area contributed by atoms with Crippen molar-refractivity contribution in [3.63, 3.8) is 0 Å². The number of carbonyl (C=O) groups excluding carboxylic acids is 1. The van der Waals surface area contributed by atoms with Crippen LogP contribution in [0.3, 0.4) is 0 Å². The molecule has 0 aromatic carbocycles. The molecule has 74 valence electrons. The van der Waals surface area contributed by atoms with E-state index in [0.717, 1.165) is 0 Å². The highest BCUT2D eigenvalue weighted by atomic mass is 16.5. The third-order valence-electron chi connectivity index (χ3n) is 1.35. The maximum Gasteiger partial charge on any atom is 0.358 e. The Morgan fingerprint density at radius 2 is 2.08 bits per heavy atom. The van der Waals surface area contributed by atoms with Gasteiger partial charge in [0.2, 0.25) is 0 Å². The number of esters is 1. The lowest BCUT2D eigenvalue weighted by molar-refractivity contribution is -0.132. The van der Waals surface area contributed by atoms with Crippen LogP contribution in [0, 0.1) is 0 Å². The van der Waals surface area contributed by atoms with E-state index in [2.05, 4.69) is 9.73 Å². The van der Waals surface area contributed by atoms with Crippen molar-refractivity contribution in [2.24, 2.45) is 10.7 Å². The van der Waals surface area contributed by atoms with Crippen LogP contribution in [0.4, 0.5) is 0 Å². The molecule has 0 unspecified atom stereocenters. The Hall–Kier alpha value is -1.32. The summed E-state index contributed by atoms with van der Waals surface area (Å²) in [7, 11) is 1.31. The summed E-state index contributed by atoms with van der Waals surface area (Å²) in [4.78, 5) is 15.2. The van der Waals surface area contributed by atoms with Crippen LogP contribution in [-0.4, -0.2) is 24.8 Å². The summed E-state index contributed by atoms with van der Waals surface area (Å²) in [6.07, 6.45) is 1.62. The number of nitrogens with zero attached hydrogens (tertiary/aromatic N) is 1. The third kappa shape index (κ3) is 3.73. The second kappa shape index (κ2) is 5.35. The Bertz CT molecular complexity index is 242. The van der Waals surface area contributed by atoms with Crippen LogP contribution in [0.25, 0.3) is 0 Å². The van der Waals surface area contributed by atoms with E-state index >= 15 is 0 Å². The molecule has 0 rings (SSSR count). The Morgan fingerprint density at radius 1 is 1.54 bits per heavy atom. The van der Waals surface area contributed by atoms with Gasteiger partial charge in [0.15, 0.2) is 5.71 Å². The number of aliphatic imine (C=N–C) groups is 1. The molecule has 0 fully saturated rings. The minimum absolute atomic E-state index is 0.0209. The first kappa shape index (κ1) is 11.7. The van der Waals surface area contributed by atoms with Crippen molar-refractivity contribution in [2.75, 3.05) is 7.11 Å². The fourth-order valence-corrected chi connectivity index (χ4v) is 0.737. The average Bonchev–Trinajstić information content (AvgIpc) is 2.11. The largest absolute Gasteiger partial charge is 0.464 e. The van der Waals surface area contributed by atoms with Crippen LogP contribution < -0.4 is 5.73 Å². The smallest absolute Gasteiger partial charge is 0.358 e. The van der Waals surface area contributed by atoms with E-state index in [-0.39, 0.29) is 11.8 Å². The van der Waals surface area contributed by atoms with E-state index in [9.17, 15) is 4.79 Å². The quantitative estimate of drug-likeness (QED) is 0.523. The van der Waals surface area contributed by atoms with Gasteiger partial charge in [-0.25, -0.2) is 4.79 Å². The highest BCUT2D eigenvalue weighted by Crippen LogP contribution is 1.97. The maximum atomic E-state index is 11.2. The van der Waals surface area contributed by atoms with E-state index in [0.29, 0.717) is 5.70 Å². The zero-order valence-corrected chi connectivity index (χ0v) is 8.50. The minimum atomic E-state index is -0.496. The van der Waals surface area contributed by atoms with Crippen LogP contribution in [-0.2, 0) is 9.53 Å². The Labute approximate surface area is 78.5 Å². The number of hydrogen-bond acceptors (Lipinski definition) is 4. The zero-order chi connectivity index (χ0) is 10.4. The molecular formula is C9H16N2O2. The number of ether oxygens (including phenoxy) is 1. The monoisotopic (exact) mass is 184 g/mol. The Kier molecular flexibility index (Phi) is 4.80. The van der Waals surface area contributed by atoms with Crippen molar-refractivity contribution in [1.29, 1.82) is 0 Å². The lowest BCUT2D eigenvalue weighted by atomic mass is 10.2. The van der Waals surface area contributed by atoms with Gasteiger partial charge >= 0.3 is 5.97 Å². The lowest BCUT2D eigenvalue weighted by Gasteiger charge is -2.05. The number of methoxy groups -OCH3 is 1. The first-order chi connectivity index (χ1) is 6.02. The molecule has 0 aliphatic rings. The van der Waals surface area contributed by atoms with Crippen molar-refractivity contribution in [2.45, 2.75) is 26.8 Å². The second-order valence-corrected chi connectivity index (χ2v) is 2.81. The predicted molar refractivity (Wildman–Crippen MR) is 52.5 cm³/mol. The van der Waals surface area contributed by atoms with Gasteiger partial charge in [0.1, 0.15) is 0 Å². The molecule has 0 aliphatic carbocycles. The van der Waals surface area contributed by atoms with Gasteiger partial charge in [0.25, 0.3) is 0 Å². The summed E-state index contributed by atoms with van der Waals surface area (Å²) in [5.41, 5.74) is 6.11. The number of nitrogens with two attached hydrogens (primary N) is 1. The van der Waals surface area contributed by atoms with E-state index in [1.807, 2.05) is 13.8 Å². The number of carbonyl (C=O) groups is 1. The third-order valence-corrected chi connectivity index (χ3v) is 1.35. The van der Waals surface area contributed by atoms with Gasteiger partial charge in [0.05, 0.1) is 12.8 Å². The topological polar surface area (TPSA) is 64.7 Å². The molecule has 0 aromatic rings. The first-order valence-electron chi connectivity index (χ1n) is 4.11. The molecule has 0 amide bonds. The molecule has 4 nitrogen and oxygen atoms in total. The van der Waals surface area contributed by atoms with Crippen LogP contribution in [0.2, 0.25) is 0 Å². The molecule has 13 heavy (non-hydrogen) atoms. The number of hydrogen-bond donors (Lipinski definition) is 1. The molecule has 0 atom stereocenters. The lowest BCUT2D eigenvalue weighted by Crippen LogP contribution is -2.24. The molecule has 0 heterocycles. The first-order valence-corrected chi connectivity index (χ1v) is 4.11. The molecule has 0 bridgehead atoms. The molecule has 4 heteroatoms. The molecular weight excluding hydrogens is 168 g/mol. The Morgan fingerprint density at radius 3 is 2.38 bits per heavy atom. The fourth-order valence-electron chi connectivity index (χ4n) is 0.737. The van der Waals surface area contributed by atoms with Crippen molar-refractivity contribution in [1.82, 2.24) is 0 Å². The molecule has 0 spiro atoms. The maximum absolute atomic E-state index is 11.2. The van der Waals surface area contributed by atoms with Gasteiger partial charge in [-0.2, -0.15) is 0 Å². The normalized spacial score (nSPS) is 13.3. The van der Waals surface area contributed by atoms with Crippen LogP contribution in [0.1, 0.15) is 20.8 Å². The minimum Gasteiger partial charge on any atom is -0.464 e. The zero-order valence-electron chi connectivity index (χ0n) is 8.50. The van der Waals surface area contributed by atoms with Crippen LogP contribution in [0.15, 0.2) is 16.8 Å². The summed E-state index contributed by atoms with van der Waals surface area (Å²) in [5.74, 6) is -0.496. The van der Waals surface area contributed by atoms with Crippen molar-refractivity contribution in [3.8, 4) is 0 Å². The highest BCUT2D eigenvalue weighted by molar-refractivity contribution is 6.42. The van der Waals surface area contributed by atoms with E-state index < -0.39 is 5.97 Å². The van der Waals surface area contributed by atoms with E-state index in [1.165, 1.54) is 7.11 Å². The highest BCUT2D eigenvalue weighted by Gasteiger charge is 2.14. The second-order valence-electron chi connectivity index (χ2n) is 2.81. The van der Waals surface area contributed by atoms with E-state index in [4.69, 9.17) is 5.73 Å². The summed E-state index contributed by atoms with van der Waals surface area (Å²) in [6.45, 7) is 5.48. The van der Waals surface area contributed by atoms with Gasteiger partial charge in [0, 0.05) is 6.04 Å². The standard InChI is InChI=1S/C9H16N2O2/c1-5-7(10)8(9(12)13-4)11-6(2)3/h5-6H,10H2,1-4H3/b7-5+,11-8?. The SMILES string of the molecule is C/C=C(/N)C(=NC(C)C)C(=O)OC. The fraction of sp³-hybridized carbons (Fsp3) is 0.556. The van der Waals surface area contributed by atoms with Gasteiger partial charge in [-0.3, -0.25) is 4.99 Å². The van der Waals surface area contributed by atoms with Crippen LogP contribution >= 0.6 is 0 Å².